The maximum absolute atomic E-state index is 12.5. The highest BCUT2D eigenvalue weighted by atomic mass is 32.2. The van der Waals surface area contributed by atoms with Crippen LogP contribution in [0.15, 0.2) is 6.07 Å². The van der Waals surface area contributed by atoms with Gasteiger partial charge < -0.3 is 11.1 Å². The van der Waals surface area contributed by atoms with Crippen LogP contribution in [0.4, 0.5) is 5.82 Å². The molecule has 8 heteroatoms. The first kappa shape index (κ1) is 17.0. The van der Waals surface area contributed by atoms with Gasteiger partial charge in [-0.05, 0) is 38.0 Å². The standard InChI is InChI=1S/C17H26N4O3S/c18-14-3-1-2-12(14)8-17(22)19-16-9-15(11-4-5-11)20-21(16)13-6-7-25(23,24)10-13/h9,11-14H,1-8,10,18H2,(H,19,22)/t12-,13?,14+/m0/s1. The molecular formula is C17H26N4O3S. The number of aromatic nitrogens is 2. The summed E-state index contributed by atoms with van der Waals surface area (Å²) >= 11 is 0. The summed E-state index contributed by atoms with van der Waals surface area (Å²) in [4.78, 5) is 12.5. The van der Waals surface area contributed by atoms with E-state index in [2.05, 4.69) is 10.4 Å². The first-order valence-corrected chi connectivity index (χ1v) is 11.1. The van der Waals surface area contributed by atoms with Crippen molar-refractivity contribution in [2.45, 2.75) is 62.9 Å². The van der Waals surface area contributed by atoms with E-state index in [4.69, 9.17) is 5.73 Å². The van der Waals surface area contributed by atoms with Crippen molar-refractivity contribution >= 4 is 21.6 Å². The second kappa shape index (κ2) is 6.39. The molecule has 3 N–H and O–H groups in total. The Balaban J connectivity index is 1.50. The van der Waals surface area contributed by atoms with Crippen molar-refractivity contribution in [3.8, 4) is 0 Å². The maximum atomic E-state index is 12.5. The van der Waals surface area contributed by atoms with Crippen molar-refractivity contribution in [3.05, 3.63) is 11.8 Å². The Morgan fingerprint density at radius 1 is 1.28 bits per heavy atom. The fourth-order valence-corrected chi connectivity index (χ4v) is 5.77. The number of carbonyl (C=O) groups is 1. The molecule has 2 aliphatic carbocycles. The largest absolute Gasteiger partial charge is 0.327 e. The topological polar surface area (TPSA) is 107 Å². The predicted molar refractivity (Wildman–Crippen MR) is 95.1 cm³/mol. The summed E-state index contributed by atoms with van der Waals surface area (Å²) in [7, 11) is -3.00. The monoisotopic (exact) mass is 366 g/mol. The summed E-state index contributed by atoms with van der Waals surface area (Å²) in [6, 6.07) is 1.86. The van der Waals surface area contributed by atoms with Gasteiger partial charge in [0.05, 0.1) is 23.2 Å². The van der Waals surface area contributed by atoms with Crippen molar-refractivity contribution < 1.29 is 13.2 Å². The Labute approximate surface area is 148 Å². The third-order valence-electron chi connectivity index (χ3n) is 5.74. The first-order valence-electron chi connectivity index (χ1n) is 9.26. The van der Waals surface area contributed by atoms with Crippen LogP contribution in [-0.4, -0.2) is 41.7 Å². The van der Waals surface area contributed by atoms with Gasteiger partial charge in [-0.3, -0.25) is 4.79 Å². The van der Waals surface area contributed by atoms with Crippen molar-refractivity contribution in [3.63, 3.8) is 0 Å². The van der Waals surface area contributed by atoms with Gasteiger partial charge in [-0.1, -0.05) is 6.42 Å². The molecule has 3 fully saturated rings. The number of hydrogen-bond acceptors (Lipinski definition) is 5. The number of nitrogens with zero attached hydrogens (tertiary/aromatic N) is 2. The van der Waals surface area contributed by atoms with E-state index in [1.165, 1.54) is 0 Å². The van der Waals surface area contributed by atoms with Crippen LogP contribution in [-0.2, 0) is 14.6 Å². The Hall–Kier alpha value is -1.41. The van der Waals surface area contributed by atoms with Gasteiger partial charge in [-0.25, -0.2) is 13.1 Å². The highest BCUT2D eigenvalue weighted by molar-refractivity contribution is 7.91. The van der Waals surface area contributed by atoms with Crippen molar-refractivity contribution in [2.75, 3.05) is 16.8 Å². The molecule has 25 heavy (non-hydrogen) atoms. The molecule has 1 aromatic heterocycles. The molecule has 4 rings (SSSR count). The van der Waals surface area contributed by atoms with Gasteiger partial charge in [0.2, 0.25) is 5.91 Å². The van der Waals surface area contributed by atoms with E-state index in [1.807, 2.05) is 6.07 Å². The number of nitrogens with one attached hydrogen (secondary N) is 1. The zero-order chi connectivity index (χ0) is 17.6. The van der Waals surface area contributed by atoms with E-state index in [0.29, 0.717) is 24.6 Å². The molecule has 1 saturated heterocycles. The minimum Gasteiger partial charge on any atom is -0.327 e. The molecule has 3 aliphatic rings. The summed E-state index contributed by atoms with van der Waals surface area (Å²) in [6.07, 6.45) is 6.29. The smallest absolute Gasteiger partial charge is 0.225 e. The minimum absolute atomic E-state index is 0.0494. The predicted octanol–water partition coefficient (Wildman–Crippen LogP) is 1.58. The zero-order valence-electron chi connectivity index (χ0n) is 14.4. The van der Waals surface area contributed by atoms with Crippen molar-refractivity contribution in [1.29, 1.82) is 0 Å². The van der Waals surface area contributed by atoms with Crippen LogP contribution in [0.3, 0.4) is 0 Å². The number of carbonyl (C=O) groups excluding carboxylic acids is 1. The van der Waals surface area contributed by atoms with Gasteiger partial charge in [0.1, 0.15) is 5.82 Å². The van der Waals surface area contributed by atoms with Gasteiger partial charge in [0, 0.05) is 24.4 Å². The Morgan fingerprint density at radius 3 is 2.68 bits per heavy atom. The molecule has 3 atom stereocenters. The average Bonchev–Trinajstić information content (AvgIpc) is 3.05. The Kier molecular flexibility index (Phi) is 4.35. The zero-order valence-corrected chi connectivity index (χ0v) is 15.2. The first-order chi connectivity index (χ1) is 11.9. The van der Waals surface area contributed by atoms with Gasteiger partial charge in [-0.15, -0.1) is 0 Å². The van der Waals surface area contributed by atoms with Crippen molar-refractivity contribution in [2.24, 2.45) is 11.7 Å². The van der Waals surface area contributed by atoms with E-state index in [1.54, 1.807) is 4.68 Å². The van der Waals surface area contributed by atoms with Crippen LogP contribution < -0.4 is 11.1 Å². The number of rotatable bonds is 5. The van der Waals surface area contributed by atoms with Crippen LogP contribution >= 0.6 is 0 Å². The number of hydrogen-bond donors (Lipinski definition) is 2. The molecule has 0 aromatic carbocycles. The number of sulfone groups is 1. The minimum atomic E-state index is -3.00. The van der Waals surface area contributed by atoms with E-state index < -0.39 is 9.84 Å². The van der Waals surface area contributed by atoms with E-state index in [9.17, 15) is 13.2 Å². The molecule has 138 valence electrons. The van der Waals surface area contributed by atoms with Crippen LogP contribution in [0, 0.1) is 5.92 Å². The third-order valence-corrected chi connectivity index (χ3v) is 7.49. The molecule has 2 saturated carbocycles. The van der Waals surface area contributed by atoms with E-state index in [-0.39, 0.29) is 35.4 Å². The molecule has 1 aromatic rings. The lowest BCUT2D eigenvalue weighted by molar-refractivity contribution is -0.117. The van der Waals surface area contributed by atoms with Gasteiger partial charge in [0.15, 0.2) is 9.84 Å². The fourth-order valence-electron chi connectivity index (χ4n) is 4.08. The van der Waals surface area contributed by atoms with Gasteiger partial charge in [-0.2, -0.15) is 5.10 Å². The van der Waals surface area contributed by atoms with Crippen LogP contribution in [0.5, 0.6) is 0 Å². The lowest BCUT2D eigenvalue weighted by atomic mass is 10.00. The molecule has 1 aliphatic heterocycles. The lowest BCUT2D eigenvalue weighted by Gasteiger charge is -2.17. The summed E-state index contributed by atoms with van der Waals surface area (Å²) in [5.41, 5.74) is 7.04. The molecular weight excluding hydrogens is 340 g/mol. The molecule has 0 bridgehead atoms. The molecule has 1 unspecified atom stereocenters. The highest BCUT2D eigenvalue weighted by Gasteiger charge is 2.34. The molecule has 1 amide bonds. The highest BCUT2D eigenvalue weighted by Crippen LogP contribution is 2.41. The average molecular weight is 366 g/mol. The summed E-state index contributed by atoms with van der Waals surface area (Å²) < 4.78 is 25.4. The molecule has 2 heterocycles. The van der Waals surface area contributed by atoms with Gasteiger partial charge >= 0.3 is 0 Å². The van der Waals surface area contributed by atoms with Crippen LogP contribution in [0.2, 0.25) is 0 Å². The SMILES string of the molecule is N[C@@H]1CCC[C@H]1CC(=O)Nc1cc(C2CC2)nn1C1CCS(=O)(=O)C1. The third kappa shape index (κ3) is 3.74. The molecule has 0 spiro atoms. The number of anilines is 1. The second-order valence-electron chi connectivity index (χ2n) is 7.84. The molecule has 0 radical (unpaired) electrons. The quantitative estimate of drug-likeness (QED) is 0.823. The van der Waals surface area contributed by atoms with Crippen LogP contribution in [0.25, 0.3) is 0 Å². The van der Waals surface area contributed by atoms with E-state index >= 15 is 0 Å². The Morgan fingerprint density at radius 2 is 2.08 bits per heavy atom. The van der Waals surface area contributed by atoms with E-state index in [0.717, 1.165) is 37.8 Å². The normalized spacial score (nSPS) is 31.3. The molecule has 7 nitrogen and oxygen atoms in total. The number of amides is 1. The second-order valence-corrected chi connectivity index (χ2v) is 10.1. The summed E-state index contributed by atoms with van der Waals surface area (Å²) in [5, 5.41) is 7.61. The van der Waals surface area contributed by atoms with Crippen molar-refractivity contribution in [1.82, 2.24) is 9.78 Å². The van der Waals surface area contributed by atoms with Gasteiger partial charge in [0.25, 0.3) is 0 Å². The van der Waals surface area contributed by atoms with Crippen LogP contribution in [0.1, 0.15) is 62.6 Å². The maximum Gasteiger partial charge on any atom is 0.225 e. The summed E-state index contributed by atoms with van der Waals surface area (Å²) in [5.74, 6) is 1.59. The lowest BCUT2D eigenvalue weighted by Crippen LogP contribution is -2.29. The number of nitrogens with two attached hydrogens (primary N) is 1. The Bertz CT molecular complexity index is 769. The fraction of sp³-hybridized carbons (Fsp3) is 0.765. The summed E-state index contributed by atoms with van der Waals surface area (Å²) in [6.45, 7) is 0.